The van der Waals surface area contributed by atoms with Crippen LogP contribution in [0.2, 0.25) is 5.02 Å². The van der Waals surface area contributed by atoms with Gasteiger partial charge in [-0.1, -0.05) is 17.7 Å². The third-order valence-electron chi connectivity index (χ3n) is 3.05. The van der Waals surface area contributed by atoms with E-state index in [2.05, 4.69) is 9.97 Å². The van der Waals surface area contributed by atoms with E-state index in [-0.39, 0.29) is 10.6 Å². The van der Waals surface area contributed by atoms with Crippen LogP contribution in [0.3, 0.4) is 0 Å². The van der Waals surface area contributed by atoms with Gasteiger partial charge in [-0.3, -0.25) is 4.79 Å². The van der Waals surface area contributed by atoms with Gasteiger partial charge in [0.15, 0.2) is 0 Å². The number of nitrogens with zero attached hydrogens (tertiary/aromatic N) is 3. The molecule has 0 N–H and O–H groups in total. The summed E-state index contributed by atoms with van der Waals surface area (Å²) in [5.74, 6) is -1.04. The van der Waals surface area contributed by atoms with Gasteiger partial charge in [-0.25, -0.2) is 14.4 Å². The number of carbonyl (C=O) groups is 1. The van der Waals surface area contributed by atoms with E-state index in [0.717, 1.165) is 11.3 Å². The molecule has 0 atom stereocenters. The van der Waals surface area contributed by atoms with Gasteiger partial charge in [-0.2, -0.15) is 0 Å². The summed E-state index contributed by atoms with van der Waals surface area (Å²) in [5, 5.41) is 0.118. The van der Waals surface area contributed by atoms with Crippen LogP contribution in [0.15, 0.2) is 30.7 Å². The van der Waals surface area contributed by atoms with Gasteiger partial charge in [0, 0.05) is 18.3 Å². The van der Waals surface area contributed by atoms with Crippen molar-refractivity contribution in [3.05, 3.63) is 58.4 Å². The summed E-state index contributed by atoms with van der Waals surface area (Å²) in [6.45, 7) is 0.723. The molecule has 6 heteroatoms. The SMILES string of the molecule is O=C(c1c(F)cccc1Cl)N1Cc2cncnc2C1. The van der Waals surface area contributed by atoms with Crippen molar-refractivity contribution >= 4 is 17.5 Å². The fourth-order valence-corrected chi connectivity index (χ4v) is 2.35. The smallest absolute Gasteiger partial charge is 0.259 e. The van der Waals surface area contributed by atoms with Gasteiger partial charge in [0.1, 0.15) is 12.1 Å². The molecule has 0 saturated carbocycles. The molecule has 1 amide bonds. The maximum Gasteiger partial charge on any atom is 0.259 e. The van der Waals surface area contributed by atoms with E-state index in [1.54, 1.807) is 6.20 Å². The molecule has 0 aliphatic carbocycles. The Bertz CT molecular complexity index is 617. The Balaban J connectivity index is 1.92. The predicted molar refractivity (Wildman–Crippen MR) is 67.0 cm³/mol. The first-order valence-corrected chi connectivity index (χ1v) is 6.05. The Morgan fingerprint density at radius 3 is 2.95 bits per heavy atom. The van der Waals surface area contributed by atoms with Gasteiger partial charge < -0.3 is 4.90 Å². The summed E-state index contributed by atoms with van der Waals surface area (Å²) in [6.07, 6.45) is 3.10. The van der Waals surface area contributed by atoms with Crippen molar-refractivity contribution in [2.45, 2.75) is 13.1 Å². The van der Waals surface area contributed by atoms with Crippen molar-refractivity contribution in [3.63, 3.8) is 0 Å². The molecule has 1 aromatic heterocycles. The zero-order valence-electron chi connectivity index (χ0n) is 9.81. The number of amides is 1. The molecule has 3 rings (SSSR count). The zero-order chi connectivity index (χ0) is 13.4. The Hall–Kier alpha value is -2.01. The van der Waals surface area contributed by atoms with Gasteiger partial charge >= 0.3 is 0 Å². The average Bonchev–Trinajstić information content (AvgIpc) is 2.82. The molecule has 1 aromatic carbocycles. The summed E-state index contributed by atoms with van der Waals surface area (Å²) < 4.78 is 13.7. The van der Waals surface area contributed by atoms with E-state index in [4.69, 9.17) is 11.6 Å². The lowest BCUT2D eigenvalue weighted by molar-refractivity contribution is 0.0746. The summed E-state index contributed by atoms with van der Waals surface area (Å²) in [5.41, 5.74) is 1.57. The van der Waals surface area contributed by atoms with Crippen molar-refractivity contribution < 1.29 is 9.18 Å². The van der Waals surface area contributed by atoms with E-state index in [1.165, 1.54) is 29.4 Å². The number of benzene rings is 1. The molecule has 96 valence electrons. The number of hydrogen-bond donors (Lipinski definition) is 0. The molecular weight excluding hydrogens is 269 g/mol. The first-order valence-electron chi connectivity index (χ1n) is 5.68. The molecule has 2 aromatic rings. The second-order valence-corrected chi connectivity index (χ2v) is 4.66. The minimum absolute atomic E-state index is 0.0927. The number of carbonyl (C=O) groups excluding carboxylic acids is 1. The quantitative estimate of drug-likeness (QED) is 0.804. The van der Waals surface area contributed by atoms with Crippen LogP contribution >= 0.6 is 11.6 Å². The number of rotatable bonds is 1. The van der Waals surface area contributed by atoms with Crippen LogP contribution in [-0.2, 0) is 13.1 Å². The van der Waals surface area contributed by atoms with Crippen molar-refractivity contribution in [1.82, 2.24) is 14.9 Å². The van der Waals surface area contributed by atoms with Crippen molar-refractivity contribution in [1.29, 1.82) is 0 Å². The first-order chi connectivity index (χ1) is 9.16. The van der Waals surface area contributed by atoms with Gasteiger partial charge in [0.05, 0.1) is 22.8 Å². The summed E-state index contributed by atoms with van der Waals surface area (Å²) >= 11 is 5.90. The third-order valence-corrected chi connectivity index (χ3v) is 3.36. The van der Waals surface area contributed by atoms with Crippen LogP contribution in [0.5, 0.6) is 0 Å². The zero-order valence-corrected chi connectivity index (χ0v) is 10.6. The lowest BCUT2D eigenvalue weighted by atomic mass is 10.2. The maximum absolute atomic E-state index is 13.7. The minimum atomic E-state index is -0.612. The van der Waals surface area contributed by atoms with E-state index in [1.807, 2.05) is 0 Å². The minimum Gasteiger partial charge on any atom is -0.328 e. The Morgan fingerprint density at radius 1 is 1.37 bits per heavy atom. The molecule has 0 saturated heterocycles. The molecule has 0 radical (unpaired) electrons. The standard InChI is InChI=1S/C13H9ClFN3O/c14-9-2-1-3-10(15)12(9)13(19)18-5-8-4-16-7-17-11(8)6-18/h1-4,7H,5-6H2. The number of aromatic nitrogens is 2. The Morgan fingerprint density at radius 2 is 2.21 bits per heavy atom. The molecule has 0 spiro atoms. The molecule has 0 bridgehead atoms. The van der Waals surface area contributed by atoms with E-state index in [9.17, 15) is 9.18 Å². The van der Waals surface area contributed by atoms with Crippen LogP contribution in [0.25, 0.3) is 0 Å². The van der Waals surface area contributed by atoms with Crippen LogP contribution < -0.4 is 0 Å². The molecule has 1 aliphatic rings. The van der Waals surface area contributed by atoms with E-state index >= 15 is 0 Å². The predicted octanol–water partition coefficient (Wildman–Crippen LogP) is 2.43. The summed E-state index contributed by atoms with van der Waals surface area (Å²) in [4.78, 5) is 21.8. The fraction of sp³-hybridized carbons (Fsp3) is 0.154. The lowest BCUT2D eigenvalue weighted by Crippen LogP contribution is -2.26. The van der Waals surface area contributed by atoms with Gasteiger partial charge in [0.25, 0.3) is 5.91 Å². The molecule has 2 heterocycles. The monoisotopic (exact) mass is 277 g/mol. The van der Waals surface area contributed by atoms with Crippen LogP contribution in [0, 0.1) is 5.82 Å². The van der Waals surface area contributed by atoms with E-state index < -0.39 is 11.7 Å². The highest BCUT2D eigenvalue weighted by molar-refractivity contribution is 6.33. The molecular formula is C13H9ClFN3O. The Kier molecular flexibility index (Phi) is 2.91. The van der Waals surface area contributed by atoms with Crippen LogP contribution in [0.1, 0.15) is 21.6 Å². The average molecular weight is 278 g/mol. The molecule has 4 nitrogen and oxygen atoms in total. The normalized spacial score (nSPS) is 13.5. The molecule has 0 fully saturated rings. The highest BCUT2D eigenvalue weighted by Crippen LogP contribution is 2.26. The summed E-state index contributed by atoms with van der Waals surface area (Å²) in [6, 6.07) is 4.20. The third kappa shape index (κ3) is 2.06. The first kappa shape index (κ1) is 12.0. The molecule has 0 unspecified atom stereocenters. The van der Waals surface area contributed by atoms with E-state index in [0.29, 0.717) is 13.1 Å². The van der Waals surface area contributed by atoms with Crippen LogP contribution in [-0.4, -0.2) is 20.8 Å². The number of hydrogen-bond acceptors (Lipinski definition) is 3. The Labute approximate surface area is 113 Å². The maximum atomic E-state index is 13.7. The van der Waals surface area contributed by atoms with Crippen molar-refractivity contribution in [3.8, 4) is 0 Å². The highest BCUT2D eigenvalue weighted by atomic mass is 35.5. The van der Waals surface area contributed by atoms with Gasteiger partial charge in [-0.15, -0.1) is 0 Å². The van der Waals surface area contributed by atoms with Crippen molar-refractivity contribution in [2.75, 3.05) is 0 Å². The van der Waals surface area contributed by atoms with Gasteiger partial charge in [-0.05, 0) is 12.1 Å². The fourth-order valence-electron chi connectivity index (χ4n) is 2.10. The van der Waals surface area contributed by atoms with Crippen molar-refractivity contribution in [2.24, 2.45) is 0 Å². The highest BCUT2D eigenvalue weighted by Gasteiger charge is 2.28. The van der Waals surface area contributed by atoms with Gasteiger partial charge in [0.2, 0.25) is 0 Å². The molecule has 19 heavy (non-hydrogen) atoms. The largest absolute Gasteiger partial charge is 0.328 e. The number of halogens is 2. The summed E-state index contributed by atoms with van der Waals surface area (Å²) in [7, 11) is 0. The second-order valence-electron chi connectivity index (χ2n) is 4.25. The number of fused-ring (bicyclic) bond motifs is 1. The molecule has 1 aliphatic heterocycles. The topological polar surface area (TPSA) is 46.1 Å². The second kappa shape index (κ2) is 4.59. The lowest BCUT2D eigenvalue weighted by Gasteiger charge is -2.16. The van der Waals surface area contributed by atoms with Crippen LogP contribution in [0.4, 0.5) is 4.39 Å².